The number of rotatable bonds is 8. The molecule has 0 N–H and O–H groups in total. The van der Waals surface area contributed by atoms with Crippen LogP contribution in [0.1, 0.15) is 25.0 Å². The van der Waals surface area contributed by atoms with Gasteiger partial charge in [0, 0.05) is 12.1 Å². The zero-order chi connectivity index (χ0) is 24.9. The van der Waals surface area contributed by atoms with Gasteiger partial charge in [0.05, 0.1) is 32.1 Å². The molecule has 0 aromatic heterocycles. The Morgan fingerprint density at radius 2 is 1.80 bits per heavy atom. The third-order valence-corrected chi connectivity index (χ3v) is 6.04. The van der Waals surface area contributed by atoms with Crippen molar-refractivity contribution in [2.75, 3.05) is 11.6 Å². The van der Waals surface area contributed by atoms with Gasteiger partial charge >= 0.3 is 0 Å². The summed E-state index contributed by atoms with van der Waals surface area (Å²) < 4.78 is 12.7. The summed E-state index contributed by atoms with van der Waals surface area (Å²) in [7, 11) is 0. The molecule has 0 aliphatic carbocycles. The molecule has 0 spiro atoms. The van der Waals surface area contributed by atoms with Gasteiger partial charge in [0.15, 0.2) is 11.5 Å². The maximum absolute atomic E-state index is 13.1. The number of ether oxygens (including phenoxy) is 2. The largest absolute Gasteiger partial charge is 0.490 e. The average molecular weight is 583 g/mol. The van der Waals surface area contributed by atoms with Gasteiger partial charge in [-0.05, 0) is 90.0 Å². The number of nitrogens with zero attached hydrogens (tertiary/aromatic N) is 3. The highest BCUT2D eigenvalue weighted by Gasteiger charge is 2.28. The maximum Gasteiger partial charge on any atom is 0.280 e. The van der Waals surface area contributed by atoms with Crippen molar-refractivity contribution in [3.05, 3.63) is 97.1 Å². The predicted octanol–water partition coefficient (Wildman–Crippen LogP) is 5.98. The first-order valence-electron chi connectivity index (χ1n) is 10.9. The van der Waals surface area contributed by atoms with E-state index in [1.54, 1.807) is 18.2 Å². The molecule has 4 rings (SSSR count). The lowest BCUT2D eigenvalue weighted by atomic mass is 10.1. The van der Waals surface area contributed by atoms with Crippen molar-refractivity contribution in [2.45, 2.75) is 20.5 Å². The number of benzene rings is 3. The van der Waals surface area contributed by atoms with Crippen LogP contribution in [0.15, 0.2) is 77.4 Å². The minimum atomic E-state index is -0.436. The first kappa shape index (κ1) is 24.4. The summed E-state index contributed by atoms with van der Waals surface area (Å²) in [6.07, 6.45) is 1.80. The van der Waals surface area contributed by atoms with Crippen LogP contribution in [0.5, 0.6) is 11.5 Å². The number of amides is 1. The van der Waals surface area contributed by atoms with E-state index in [0.29, 0.717) is 35.1 Å². The first-order valence-corrected chi connectivity index (χ1v) is 11.9. The zero-order valence-electron chi connectivity index (χ0n) is 19.1. The smallest absolute Gasteiger partial charge is 0.280 e. The molecule has 1 amide bonds. The normalized spacial score (nSPS) is 14.3. The van der Waals surface area contributed by atoms with E-state index >= 15 is 0 Å². The van der Waals surface area contributed by atoms with Crippen LogP contribution in [0.3, 0.4) is 0 Å². The number of carbonyl (C=O) groups is 1. The van der Waals surface area contributed by atoms with Gasteiger partial charge in [-0.25, -0.2) is 0 Å². The number of anilines is 1. The molecular weight excluding hydrogens is 561 g/mol. The Hall–Kier alpha value is -3.73. The number of hydrogen-bond acceptors (Lipinski definition) is 6. The fourth-order valence-corrected chi connectivity index (χ4v) is 4.32. The quantitative estimate of drug-likeness (QED) is 0.141. The second-order valence-corrected chi connectivity index (χ2v) is 8.83. The number of nitro groups is 1. The molecule has 9 heteroatoms. The van der Waals surface area contributed by atoms with Gasteiger partial charge in [0.2, 0.25) is 0 Å². The molecule has 0 unspecified atom stereocenters. The average Bonchev–Trinajstić information content (AvgIpc) is 3.13. The van der Waals surface area contributed by atoms with Crippen LogP contribution in [0.2, 0.25) is 0 Å². The first-order chi connectivity index (χ1) is 16.9. The van der Waals surface area contributed by atoms with E-state index in [2.05, 4.69) is 27.7 Å². The summed E-state index contributed by atoms with van der Waals surface area (Å²) >= 11 is 2.17. The van der Waals surface area contributed by atoms with Gasteiger partial charge < -0.3 is 9.47 Å². The summed E-state index contributed by atoms with van der Waals surface area (Å²) in [5.74, 6) is 0.926. The van der Waals surface area contributed by atoms with Crippen LogP contribution in [0, 0.1) is 13.7 Å². The van der Waals surface area contributed by atoms with Crippen LogP contribution in [0.4, 0.5) is 11.4 Å². The van der Waals surface area contributed by atoms with E-state index in [-0.39, 0.29) is 18.2 Å². The van der Waals surface area contributed by atoms with E-state index in [9.17, 15) is 14.9 Å². The van der Waals surface area contributed by atoms with Crippen molar-refractivity contribution in [3.8, 4) is 11.5 Å². The standard InChI is InChI=1S/C26H22IN3O5/c1-3-34-24-15-19(13-22-17(2)28-29(26(22)31)20-7-5-4-6-8-20)14-23(27)25(24)35-16-18-9-11-21(12-10-18)30(32)33/h4-15H,3,16H2,1-2H3/b22-13+. The minimum absolute atomic E-state index is 0.0295. The fraction of sp³-hybridized carbons (Fsp3) is 0.154. The van der Waals surface area contributed by atoms with Crippen molar-refractivity contribution in [3.63, 3.8) is 0 Å². The van der Waals surface area contributed by atoms with E-state index in [1.165, 1.54) is 17.1 Å². The Morgan fingerprint density at radius 3 is 2.46 bits per heavy atom. The molecule has 3 aromatic rings. The Kier molecular flexibility index (Phi) is 7.45. The van der Waals surface area contributed by atoms with Crippen molar-refractivity contribution in [1.29, 1.82) is 0 Å². The maximum atomic E-state index is 13.1. The highest BCUT2D eigenvalue weighted by molar-refractivity contribution is 14.1. The molecule has 0 radical (unpaired) electrons. The van der Waals surface area contributed by atoms with Gasteiger partial charge in [-0.3, -0.25) is 14.9 Å². The van der Waals surface area contributed by atoms with E-state index in [0.717, 1.165) is 14.7 Å². The third-order valence-electron chi connectivity index (χ3n) is 5.24. The molecule has 0 bridgehead atoms. The molecule has 178 valence electrons. The van der Waals surface area contributed by atoms with E-state index < -0.39 is 4.92 Å². The Labute approximate surface area is 216 Å². The minimum Gasteiger partial charge on any atom is -0.490 e. The lowest BCUT2D eigenvalue weighted by Gasteiger charge is -2.15. The molecule has 0 atom stereocenters. The van der Waals surface area contributed by atoms with Crippen LogP contribution in [-0.2, 0) is 11.4 Å². The van der Waals surface area contributed by atoms with Gasteiger partial charge in [0.1, 0.15) is 6.61 Å². The molecule has 1 aliphatic heterocycles. The van der Waals surface area contributed by atoms with Gasteiger partial charge in [-0.15, -0.1) is 0 Å². The molecule has 0 saturated carbocycles. The number of hydrazone groups is 1. The Balaban J connectivity index is 1.58. The fourth-order valence-electron chi connectivity index (χ4n) is 3.54. The highest BCUT2D eigenvalue weighted by atomic mass is 127. The SMILES string of the molecule is CCOc1cc(/C=C2/C(=O)N(c3ccccc3)N=C2C)cc(I)c1OCc1ccc([N+](=O)[O-])cc1. The second kappa shape index (κ2) is 10.7. The molecule has 1 heterocycles. The molecular formula is C26H22IN3O5. The number of non-ortho nitro benzene ring substituents is 1. The van der Waals surface area contributed by atoms with Gasteiger partial charge in [-0.1, -0.05) is 18.2 Å². The molecule has 8 nitrogen and oxygen atoms in total. The lowest BCUT2D eigenvalue weighted by molar-refractivity contribution is -0.384. The third kappa shape index (κ3) is 5.51. The summed E-state index contributed by atoms with van der Waals surface area (Å²) in [6, 6.07) is 19.3. The van der Waals surface area contributed by atoms with Crippen LogP contribution in [-0.4, -0.2) is 23.1 Å². The topological polar surface area (TPSA) is 94.3 Å². The molecule has 0 fully saturated rings. The summed E-state index contributed by atoms with van der Waals surface area (Å²) in [5.41, 5.74) is 3.46. The second-order valence-electron chi connectivity index (χ2n) is 7.67. The molecule has 3 aromatic carbocycles. The van der Waals surface area contributed by atoms with Crippen molar-refractivity contribution in [1.82, 2.24) is 0 Å². The Bertz CT molecular complexity index is 1320. The van der Waals surface area contributed by atoms with Crippen LogP contribution >= 0.6 is 22.6 Å². The molecule has 0 saturated heterocycles. The predicted molar refractivity (Wildman–Crippen MR) is 143 cm³/mol. The highest BCUT2D eigenvalue weighted by Crippen LogP contribution is 2.36. The zero-order valence-corrected chi connectivity index (χ0v) is 21.3. The molecule has 1 aliphatic rings. The number of para-hydroxylation sites is 1. The van der Waals surface area contributed by atoms with Crippen LogP contribution in [0.25, 0.3) is 6.08 Å². The van der Waals surface area contributed by atoms with Crippen molar-refractivity contribution >= 4 is 51.7 Å². The van der Waals surface area contributed by atoms with Gasteiger partial charge in [0.25, 0.3) is 11.6 Å². The number of halogens is 1. The van der Waals surface area contributed by atoms with Gasteiger partial charge in [-0.2, -0.15) is 10.1 Å². The number of carbonyl (C=O) groups excluding carboxylic acids is 1. The number of hydrogen-bond donors (Lipinski definition) is 0. The summed E-state index contributed by atoms with van der Waals surface area (Å²) in [6.45, 7) is 4.35. The van der Waals surface area contributed by atoms with Crippen molar-refractivity contribution < 1.29 is 19.2 Å². The summed E-state index contributed by atoms with van der Waals surface area (Å²) in [5, 5.41) is 16.7. The van der Waals surface area contributed by atoms with E-state index in [1.807, 2.05) is 56.3 Å². The van der Waals surface area contributed by atoms with Crippen molar-refractivity contribution in [2.24, 2.45) is 5.10 Å². The van der Waals surface area contributed by atoms with Crippen LogP contribution < -0.4 is 14.5 Å². The number of nitro benzene ring substituents is 1. The summed E-state index contributed by atoms with van der Waals surface area (Å²) in [4.78, 5) is 23.5. The lowest BCUT2D eigenvalue weighted by Crippen LogP contribution is -2.21. The van der Waals surface area contributed by atoms with E-state index in [4.69, 9.17) is 9.47 Å². The Morgan fingerprint density at radius 1 is 1.09 bits per heavy atom. The monoisotopic (exact) mass is 583 g/mol. The molecule has 35 heavy (non-hydrogen) atoms.